The highest BCUT2D eigenvalue weighted by atomic mass is 19.4. The topological polar surface area (TPSA) is 166 Å². The van der Waals surface area contributed by atoms with Crippen LogP contribution in [-0.4, -0.2) is 27.2 Å². The number of nitrogens with zero attached hydrogens (tertiary/aromatic N) is 2. The SMILES string of the molecule is NC(=O)c1ccc(C(F)(F)F)n(CC(=O)NNC(=O)c2ccc([N+](=O)[O-])cc2)c1=O. The average Bonchev–Trinajstić information content (AvgIpc) is 2.66. The summed E-state index contributed by atoms with van der Waals surface area (Å²) < 4.78 is 39.3. The predicted octanol–water partition coefficient (Wildman–Crippen LogP) is 0.335. The lowest BCUT2D eigenvalue weighted by Gasteiger charge is -2.16. The minimum atomic E-state index is -5.02. The second-order valence-electron chi connectivity index (χ2n) is 5.69. The number of hydrogen-bond acceptors (Lipinski definition) is 6. The van der Waals surface area contributed by atoms with Crippen LogP contribution in [0.3, 0.4) is 0 Å². The van der Waals surface area contributed by atoms with Crippen molar-refractivity contribution in [2.24, 2.45) is 5.73 Å². The average molecular weight is 427 g/mol. The lowest BCUT2D eigenvalue weighted by molar-refractivity contribution is -0.384. The van der Waals surface area contributed by atoms with Crippen molar-refractivity contribution in [2.45, 2.75) is 12.7 Å². The summed E-state index contributed by atoms with van der Waals surface area (Å²) in [7, 11) is 0. The summed E-state index contributed by atoms with van der Waals surface area (Å²) in [5, 5.41) is 10.6. The van der Waals surface area contributed by atoms with Gasteiger partial charge in [0, 0.05) is 17.7 Å². The van der Waals surface area contributed by atoms with Crippen LogP contribution in [-0.2, 0) is 17.5 Å². The smallest absolute Gasteiger partial charge is 0.365 e. The molecule has 0 saturated carbocycles. The molecule has 14 heteroatoms. The first kappa shape index (κ1) is 22.1. The van der Waals surface area contributed by atoms with Gasteiger partial charge in [0.2, 0.25) is 0 Å². The molecule has 0 spiro atoms. The highest BCUT2D eigenvalue weighted by Crippen LogP contribution is 2.28. The molecule has 0 fully saturated rings. The third kappa shape index (κ3) is 4.98. The first-order valence-corrected chi connectivity index (χ1v) is 7.86. The van der Waals surface area contributed by atoms with Gasteiger partial charge in [-0.2, -0.15) is 13.2 Å². The molecule has 0 atom stereocenters. The largest absolute Gasteiger partial charge is 0.431 e. The van der Waals surface area contributed by atoms with Crippen molar-refractivity contribution < 1.29 is 32.5 Å². The van der Waals surface area contributed by atoms with E-state index in [0.29, 0.717) is 12.1 Å². The second kappa shape index (κ2) is 8.42. The van der Waals surface area contributed by atoms with Gasteiger partial charge < -0.3 is 5.73 Å². The zero-order valence-corrected chi connectivity index (χ0v) is 14.7. The highest BCUT2D eigenvalue weighted by Gasteiger charge is 2.35. The fourth-order valence-corrected chi connectivity index (χ4v) is 2.29. The number of carbonyl (C=O) groups is 3. The number of pyridine rings is 1. The van der Waals surface area contributed by atoms with E-state index in [0.717, 1.165) is 24.3 Å². The van der Waals surface area contributed by atoms with Crippen LogP contribution in [0.25, 0.3) is 0 Å². The molecule has 158 valence electrons. The molecule has 11 nitrogen and oxygen atoms in total. The Morgan fingerprint density at radius 2 is 1.67 bits per heavy atom. The van der Waals surface area contributed by atoms with Crippen molar-refractivity contribution in [3.63, 3.8) is 0 Å². The molecule has 0 aliphatic heterocycles. The first-order chi connectivity index (χ1) is 13.9. The Labute approximate surface area is 164 Å². The standard InChI is InChI=1S/C16H12F3N5O6/c17-16(18,19)11-6-5-10(13(20)26)15(28)23(11)7-12(25)21-22-14(27)8-1-3-9(4-2-8)24(29)30/h1-6H,7H2,(H2,20,26)(H,21,25)(H,22,27). The van der Waals surface area contributed by atoms with E-state index in [1.165, 1.54) is 0 Å². The molecule has 3 amide bonds. The van der Waals surface area contributed by atoms with Crippen LogP contribution in [0.5, 0.6) is 0 Å². The Bertz CT molecular complexity index is 1080. The number of hydrazine groups is 1. The molecule has 2 rings (SSSR count). The van der Waals surface area contributed by atoms with Crippen molar-refractivity contribution in [1.82, 2.24) is 15.4 Å². The molecule has 1 heterocycles. The number of halogens is 3. The molecule has 0 aliphatic rings. The van der Waals surface area contributed by atoms with E-state index >= 15 is 0 Å². The number of nitrogens with two attached hydrogens (primary N) is 1. The molecule has 0 unspecified atom stereocenters. The van der Waals surface area contributed by atoms with Gasteiger partial charge in [0.1, 0.15) is 17.8 Å². The predicted molar refractivity (Wildman–Crippen MR) is 92.9 cm³/mol. The van der Waals surface area contributed by atoms with Crippen LogP contribution < -0.4 is 22.1 Å². The van der Waals surface area contributed by atoms with E-state index in [4.69, 9.17) is 5.73 Å². The first-order valence-electron chi connectivity index (χ1n) is 7.86. The molecule has 30 heavy (non-hydrogen) atoms. The van der Waals surface area contributed by atoms with Crippen LogP contribution in [0.1, 0.15) is 26.4 Å². The van der Waals surface area contributed by atoms with Gasteiger partial charge in [-0.3, -0.25) is 44.7 Å². The van der Waals surface area contributed by atoms with E-state index in [1.807, 2.05) is 5.43 Å². The minimum absolute atomic E-state index is 0.00649. The number of alkyl halides is 3. The van der Waals surface area contributed by atoms with Crippen molar-refractivity contribution >= 4 is 23.4 Å². The number of carbonyl (C=O) groups excluding carboxylic acids is 3. The van der Waals surface area contributed by atoms with Crippen LogP contribution in [0.15, 0.2) is 41.2 Å². The van der Waals surface area contributed by atoms with E-state index in [1.54, 1.807) is 5.43 Å². The molecule has 1 aromatic heterocycles. The van der Waals surface area contributed by atoms with E-state index in [2.05, 4.69) is 0 Å². The molecule has 0 saturated heterocycles. The molecule has 1 aromatic carbocycles. The maximum absolute atomic E-state index is 13.1. The number of nitro benzene ring substituents is 1. The number of benzene rings is 1. The van der Waals surface area contributed by atoms with Crippen LogP contribution in [0.2, 0.25) is 0 Å². The maximum atomic E-state index is 13.1. The van der Waals surface area contributed by atoms with E-state index in [9.17, 15) is 42.5 Å². The molecule has 0 bridgehead atoms. The summed E-state index contributed by atoms with van der Waals surface area (Å²) in [4.78, 5) is 57.0. The Hall–Kier alpha value is -4.23. The number of rotatable bonds is 5. The molecule has 0 aliphatic carbocycles. The number of non-ortho nitro benzene ring substituents is 1. The van der Waals surface area contributed by atoms with Gasteiger partial charge in [-0.1, -0.05) is 0 Å². The molecule has 2 aromatic rings. The Kier molecular flexibility index (Phi) is 6.19. The number of hydrogen-bond donors (Lipinski definition) is 3. The zero-order chi connectivity index (χ0) is 22.6. The zero-order valence-electron chi connectivity index (χ0n) is 14.7. The van der Waals surface area contributed by atoms with E-state index in [-0.39, 0.29) is 15.8 Å². The normalized spacial score (nSPS) is 10.9. The third-order valence-corrected chi connectivity index (χ3v) is 3.69. The quantitative estimate of drug-likeness (QED) is 0.459. The lowest BCUT2D eigenvalue weighted by Crippen LogP contribution is -2.45. The van der Waals surface area contributed by atoms with Crippen LogP contribution >= 0.6 is 0 Å². The second-order valence-corrected chi connectivity index (χ2v) is 5.69. The number of nitro groups is 1. The number of aromatic nitrogens is 1. The Morgan fingerprint density at radius 1 is 1.07 bits per heavy atom. The number of primary amides is 1. The van der Waals surface area contributed by atoms with Crippen molar-refractivity contribution in [3.05, 3.63) is 73.7 Å². The van der Waals surface area contributed by atoms with Crippen LogP contribution in [0, 0.1) is 10.1 Å². The minimum Gasteiger partial charge on any atom is -0.365 e. The van der Waals surface area contributed by atoms with Crippen molar-refractivity contribution in [2.75, 3.05) is 0 Å². The van der Waals surface area contributed by atoms with Gasteiger partial charge >= 0.3 is 6.18 Å². The Morgan fingerprint density at radius 3 is 2.17 bits per heavy atom. The highest BCUT2D eigenvalue weighted by molar-refractivity contribution is 5.95. The fourth-order valence-electron chi connectivity index (χ4n) is 2.29. The molecule has 4 N–H and O–H groups in total. The van der Waals surface area contributed by atoms with Gasteiger partial charge in [0.25, 0.3) is 29.0 Å². The monoisotopic (exact) mass is 427 g/mol. The third-order valence-electron chi connectivity index (χ3n) is 3.69. The van der Waals surface area contributed by atoms with Crippen LogP contribution in [0.4, 0.5) is 18.9 Å². The fraction of sp³-hybridized carbons (Fsp3) is 0.125. The van der Waals surface area contributed by atoms with Gasteiger partial charge in [0.05, 0.1) is 4.92 Å². The van der Waals surface area contributed by atoms with Crippen molar-refractivity contribution in [1.29, 1.82) is 0 Å². The van der Waals surface area contributed by atoms with Gasteiger partial charge in [-0.15, -0.1) is 0 Å². The lowest BCUT2D eigenvalue weighted by atomic mass is 10.2. The molecular weight excluding hydrogens is 415 g/mol. The van der Waals surface area contributed by atoms with Crippen molar-refractivity contribution in [3.8, 4) is 0 Å². The Balaban J connectivity index is 2.16. The van der Waals surface area contributed by atoms with Gasteiger partial charge in [-0.25, -0.2) is 0 Å². The summed E-state index contributed by atoms with van der Waals surface area (Å²) in [6.45, 7) is -1.19. The summed E-state index contributed by atoms with van der Waals surface area (Å²) in [6.07, 6.45) is -5.02. The summed E-state index contributed by atoms with van der Waals surface area (Å²) in [5.74, 6) is -3.43. The number of nitrogens with one attached hydrogen (secondary N) is 2. The maximum Gasteiger partial charge on any atom is 0.431 e. The summed E-state index contributed by atoms with van der Waals surface area (Å²) in [6, 6.07) is 5.25. The number of amides is 3. The van der Waals surface area contributed by atoms with Gasteiger partial charge in [-0.05, 0) is 24.3 Å². The summed E-state index contributed by atoms with van der Waals surface area (Å²) >= 11 is 0. The molecule has 0 radical (unpaired) electrons. The van der Waals surface area contributed by atoms with E-state index < -0.39 is 52.2 Å². The molecular formula is C16H12F3N5O6. The summed E-state index contributed by atoms with van der Waals surface area (Å²) in [5.41, 5.74) is 4.54. The van der Waals surface area contributed by atoms with Gasteiger partial charge in [0.15, 0.2) is 0 Å².